The molecule has 148 valence electrons. The highest BCUT2D eigenvalue weighted by Crippen LogP contribution is 2.26. The predicted molar refractivity (Wildman–Crippen MR) is 107 cm³/mol. The molecule has 3 aromatic carbocycles. The molecule has 2 amide bonds. The Hall–Kier alpha value is -3.74. The number of fused-ring (bicyclic) bond motifs is 1. The lowest BCUT2D eigenvalue weighted by Crippen LogP contribution is -2.37. The van der Waals surface area contributed by atoms with Crippen molar-refractivity contribution in [3.8, 4) is 5.75 Å². The van der Waals surface area contributed by atoms with Crippen LogP contribution in [-0.2, 0) is 9.59 Å². The summed E-state index contributed by atoms with van der Waals surface area (Å²) >= 11 is 0. The van der Waals surface area contributed by atoms with E-state index in [4.69, 9.17) is 4.74 Å². The Morgan fingerprint density at radius 2 is 1.79 bits per heavy atom. The molecule has 0 radical (unpaired) electrons. The monoisotopic (exact) mass is 394 g/mol. The molecule has 3 rings (SSSR count). The summed E-state index contributed by atoms with van der Waals surface area (Å²) in [7, 11) is 1.47. The summed E-state index contributed by atoms with van der Waals surface area (Å²) in [6, 6.07) is 16.1. The zero-order valence-electron chi connectivity index (χ0n) is 15.7. The predicted octanol–water partition coefficient (Wildman–Crippen LogP) is 3.27. The van der Waals surface area contributed by atoms with Crippen LogP contribution in [0, 0.1) is 5.82 Å². The quantitative estimate of drug-likeness (QED) is 0.624. The number of benzene rings is 3. The molecule has 0 aliphatic heterocycles. The van der Waals surface area contributed by atoms with Gasteiger partial charge in [0.1, 0.15) is 11.6 Å². The number of rotatable bonds is 7. The Morgan fingerprint density at radius 1 is 1.07 bits per heavy atom. The van der Waals surface area contributed by atoms with Crippen LogP contribution in [0.25, 0.3) is 10.8 Å². The Labute approximate surface area is 166 Å². The second-order valence-corrected chi connectivity index (χ2v) is 6.41. The highest BCUT2D eigenvalue weighted by Gasteiger charge is 2.15. The molecular weight excluding hydrogens is 375 g/mol. The van der Waals surface area contributed by atoms with Crippen molar-refractivity contribution in [1.82, 2.24) is 4.90 Å². The summed E-state index contributed by atoms with van der Waals surface area (Å²) in [5.74, 6) is -0.956. The normalized spacial score (nSPS) is 10.4. The molecule has 0 fully saturated rings. The summed E-state index contributed by atoms with van der Waals surface area (Å²) in [6.45, 7) is -0.517. The van der Waals surface area contributed by atoms with Crippen LogP contribution < -0.4 is 10.1 Å². The zero-order chi connectivity index (χ0) is 20.8. The number of amides is 2. The van der Waals surface area contributed by atoms with Crippen LogP contribution in [-0.4, -0.2) is 43.2 Å². The van der Waals surface area contributed by atoms with E-state index in [0.29, 0.717) is 23.3 Å². The molecule has 0 bridgehead atoms. The molecule has 0 atom stereocenters. The third-order valence-electron chi connectivity index (χ3n) is 4.33. The Bertz CT molecular complexity index is 1050. The van der Waals surface area contributed by atoms with Gasteiger partial charge < -0.3 is 15.0 Å². The number of ether oxygens (including phenoxy) is 1. The summed E-state index contributed by atoms with van der Waals surface area (Å²) in [5, 5.41) is 4.21. The van der Waals surface area contributed by atoms with Crippen molar-refractivity contribution in [1.29, 1.82) is 0 Å². The molecule has 0 spiro atoms. The first-order chi connectivity index (χ1) is 14.0. The number of hydrogen-bond acceptors (Lipinski definition) is 4. The maximum absolute atomic E-state index is 12.9. The van der Waals surface area contributed by atoms with Crippen LogP contribution in [0.3, 0.4) is 0 Å². The minimum atomic E-state index is -0.427. The number of aldehydes is 1. The maximum atomic E-state index is 12.9. The average Bonchev–Trinajstić information content (AvgIpc) is 2.73. The topological polar surface area (TPSA) is 75.7 Å². The highest BCUT2D eigenvalue weighted by atomic mass is 19.1. The first-order valence-electron chi connectivity index (χ1n) is 8.87. The molecule has 0 heterocycles. The first-order valence-corrected chi connectivity index (χ1v) is 8.87. The molecule has 0 aromatic heterocycles. The van der Waals surface area contributed by atoms with Gasteiger partial charge in [-0.1, -0.05) is 30.3 Å². The van der Waals surface area contributed by atoms with E-state index in [0.717, 1.165) is 10.8 Å². The average molecular weight is 394 g/mol. The summed E-state index contributed by atoms with van der Waals surface area (Å²) in [4.78, 5) is 37.1. The molecule has 3 aromatic rings. The van der Waals surface area contributed by atoms with E-state index in [1.54, 1.807) is 12.1 Å². The van der Waals surface area contributed by atoms with Crippen molar-refractivity contribution in [2.75, 3.05) is 25.5 Å². The fraction of sp³-hybridized carbons (Fsp3) is 0.136. The van der Waals surface area contributed by atoms with Crippen LogP contribution in [0.5, 0.6) is 5.75 Å². The number of carbonyl (C=O) groups excluding carboxylic acids is 3. The SMILES string of the molecule is CN(CC(=O)Nc1ccc(F)cc1)C(=O)COc1ccc2ccccc2c1C=O. The number of carbonyl (C=O) groups is 3. The third-order valence-corrected chi connectivity index (χ3v) is 4.33. The zero-order valence-corrected chi connectivity index (χ0v) is 15.7. The largest absolute Gasteiger partial charge is 0.483 e. The van der Waals surface area contributed by atoms with E-state index in [1.807, 2.05) is 24.3 Å². The van der Waals surface area contributed by atoms with Crippen molar-refractivity contribution in [2.45, 2.75) is 0 Å². The van der Waals surface area contributed by atoms with E-state index >= 15 is 0 Å². The molecule has 0 unspecified atom stereocenters. The third kappa shape index (κ3) is 4.95. The molecule has 29 heavy (non-hydrogen) atoms. The van der Waals surface area contributed by atoms with Gasteiger partial charge >= 0.3 is 0 Å². The lowest BCUT2D eigenvalue weighted by molar-refractivity contribution is -0.135. The molecule has 1 N–H and O–H groups in total. The molecule has 6 nitrogen and oxygen atoms in total. The van der Waals surface area contributed by atoms with Crippen LogP contribution >= 0.6 is 0 Å². The number of nitrogens with one attached hydrogen (secondary N) is 1. The van der Waals surface area contributed by atoms with Gasteiger partial charge in [-0.05, 0) is 41.1 Å². The fourth-order valence-electron chi connectivity index (χ4n) is 2.81. The number of halogens is 1. The first kappa shape index (κ1) is 20.0. The van der Waals surface area contributed by atoms with Crippen LogP contribution in [0.15, 0.2) is 60.7 Å². The number of likely N-dealkylation sites (N-methyl/N-ethyl adjacent to an activating group) is 1. The smallest absolute Gasteiger partial charge is 0.260 e. The summed E-state index contributed by atoms with van der Waals surface area (Å²) in [5.41, 5.74) is 0.799. The van der Waals surface area contributed by atoms with Gasteiger partial charge in [-0.15, -0.1) is 0 Å². The molecule has 7 heteroatoms. The fourth-order valence-corrected chi connectivity index (χ4v) is 2.81. The number of hydrogen-bond donors (Lipinski definition) is 1. The summed E-state index contributed by atoms with van der Waals surface area (Å²) in [6.07, 6.45) is 0.696. The van der Waals surface area contributed by atoms with Gasteiger partial charge in [-0.3, -0.25) is 14.4 Å². The second kappa shape index (κ2) is 8.97. The second-order valence-electron chi connectivity index (χ2n) is 6.41. The number of anilines is 1. The van der Waals surface area contributed by atoms with Crippen molar-refractivity contribution in [3.63, 3.8) is 0 Å². The molecule has 0 aliphatic carbocycles. The summed E-state index contributed by atoms with van der Waals surface area (Å²) < 4.78 is 18.4. The van der Waals surface area contributed by atoms with Crippen molar-refractivity contribution < 1.29 is 23.5 Å². The van der Waals surface area contributed by atoms with Crippen molar-refractivity contribution >= 4 is 34.6 Å². The van der Waals surface area contributed by atoms with Gasteiger partial charge in [0.2, 0.25) is 5.91 Å². The Balaban J connectivity index is 1.58. The minimum Gasteiger partial charge on any atom is -0.483 e. The van der Waals surface area contributed by atoms with Crippen LogP contribution in [0.2, 0.25) is 0 Å². The Morgan fingerprint density at radius 3 is 2.52 bits per heavy atom. The molecular formula is C22H19FN2O4. The van der Waals surface area contributed by atoms with E-state index in [2.05, 4.69) is 5.32 Å². The van der Waals surface area contributed by atoms with Gasteiger partial charge in [0.25, 0.3) is 5.91 Å². The van der Waals surface area contributed by atoms with E-state index in [1.165, 1.54) is 36.2 Å². The highest BCUT2D eigenvalue weighted by molar-refractivity contribution is 6.01. The maximum Gasteiger partial charge on any atom is 0.260 e. The van der Waals surface area contributed by atoms with Crippen LogP contribution in [0.1, 0.15) is 10.4 Å². The van der Waals surface area contributed by atoms with E-state index in [9.17, 15) is 18.8 Å². The minimum absolute atomic E-state index is 0.197. The molecule has 0 saturated heterocycles. The Kier molecular flexibility index (Phi) is 6.19. The molecule has 0 aliphatic rings. The van der Waals surface area contributed by atoms with Gasteiger partial charge in [0.15, 0.2) is 12.9 Å². The van der Waals surface area contributed by atoms with Gasteiger partial charge in [0.05, 0.1) is 12.1 Å². The lowest BCUT2D eigenvalue weighted by atomic mass is 10.0. The standard InChI is InChI=1S/C22H19FN2O4/c1-25(12-21(27)24-17-9-7-16(23)8-10-17)22(28)14-29-20-11-6-15-4-2-3-5-18(15)19(20)13-26/h2-11,13H,12,14H2,1H3,(H,24,27). The van der Waals surface area contributed by atoms with E-state index < -0.39 is 17.6 Å². The van der Waals surface area contributed by atoms with Gasteiger partial charge in [0, 0.05) is 12.7 Å². The van der Waals surface area contributed by atoms with Crippen molar-refractivity contribution in [2.24, 2.45) is 0 Å². The number of nitrogens with zero attached hydrogens (tertiary/aromatic N) is 1. The van der Waals surface area contributed by atoms with Crippen LogP contribution in [0.4, 0.5) is 10.1 Å². The van der Waals surface area contributed by atoms with E-state index in [-0.39, 0.29) is 13.2 Å². The van der Waals surface area contributed by atoms with Gasteiger partial charge in [-0.25, -0.2) is 4.39 Å². The molecule has 0 saturated carbocycles. The van der Waals surface area contributed by atoms with Gasteiger partial charge in [-0.2, -0.15) is 0 Å². The van der Waals surface area contributed by atoms with Crippen molar-refractivity contribution in [3.05, 3.63) is 72.0 Å². The lowest BCUT2D eigenvalue weighted by Gasteiger charge is -2.18.